The normalized spacial score (nSPS) is 11.0. The fraction of sp³-hybridized carbons (Fsp3) is 0. The zero-order chi connectivity index (χ0) is 15.1. The fourth-order valence-electron chi connectivity index (χ4n) is 1.50. The first-order chi connectivity index (χ1) is 10.2. The summed E-state index contributed by atoms with van der Waals surface area (Å²) in [6.45, 7) is 0. The van der Waals surface area contributed by atoms with E-state index in [-0.39, 0.29) is 5.69 Å². The molecule has 0 aliphatic heterocycles. The average molecular weight is 285 g/mol. The summed E-state index contributed by atoms with van der Waals surface area (Å²) in [6.07, 6.45) is 5.87. The maximum absolute atomic E-state index is 11.6. The number of benzene rings is 1. The molecule has 2 aromatic rings. The first-order valence-electron chi connectivity index (χ1n) is 5.91. The van der Waals surface area contributed by atoms with Gasteiger partial charge in [0.15, 0.2) is 6.33 Å². The smallest absolute Gasteiger partial charge is 0.353 e. The molecule has 0 radical (unpaired) electrons. The number of allylic oxidation sites excluding steroid dienone is 1. The Balaban J connectivity index is 1.92. The van der Waals surface area contributed by atoms with Gasteiger partial charge in [-0.05, 0) is 16.6 Å². The molecule has 0 fully saturated rings. The second-order valence-electron chi connectivity index (χ2n) is 3.85. The van der Waals surface area contributed by atoms with Crippen molar-refractivity contribution >= 4 is 24.0 Å². The van der Waals surface area contributed by atoms with Crippen molar-refractivity contribution in [2.75, 3.05) is 0 Å². The number of nitrogens with zero attached hydrogens (tertiary/aromatic N) is 3. The van der Waals surface area contributed by atoms with Crippen LogP contribution in [0.3, 0.4) is 0 Å². The van der Waals surface area contributed by atoms with E-state index in [0.717, 1.165) is 11.9 Å². The molecule has 1 aromatic heterocycles. The molecule has 0 spiro atoms. The number of hydrazone groups is 1. The Hall–Kier alpha value is -3.29. The lowest BCUT2D eigenvalue weighted by atomic mass is 10.2. The number of hydrogen-bond donors (Lipinski definition) is 2. The van der Waals surface area contributed by atoms with Gasteiger partial charge in [0.05, 0.1) is 0 Å². The summed E-state index contributed by atoms with van der Waals surface area (Å²) >= 11 is 0. The first kappa shape index (κ1) is 14.1. The van der Waals surface area contributed by atoms with Crippen LogP contribution in [0.1, 0.15) is 16.1 Å². The van der Waals surface area contributed by atoms with Crippen molar-refractivity contribution in [1.29, 1.82) is 0 Å². The van der Waals surface area contributed by atoms with Gasteiger partial charge in [0, 0.05) is 6.21 Å². The number of imidazole rings is 1. The summed E-state index contributed by atoms with van der Waals surface area (Å²) in [5.41, 5.74) is 2.83. The number of aromatic nitrogens is 2. The van der Waals surface area contributed by atoms with Gasteiger partial charge in [-0.3, -0.25) is 4.79 Å². The van der Waals surface area contributed by atoms with Crippen LogP contribution in [0.5, 0.6) is 0 Å². The molecule has 1 aromatic carbocycles. The molecule has 1 amide bonds. The first-order valence-corrected chi connectivity index (χ1v) is 5.91. The van der Waals surface area contributed by atoms with E-state index in [2.05, 4.69) is 20.5 Å². The highest BCUT2D eigenvalue weighted by molar-refractivity contribution is 5.95. The van der Waals surface area contributed by atoms with E-state index in [1.165, 1.54) is 6.21 Å². The standard InChI is InChI=1S/C13H11N5O3/c19-13(11-12(18(20)21)15-9-14-11)17-16-8-4-7-10-5-2-1-3-6-10/h1-9H,(H,14,15)(H,17,19)/b7-4+,16-8+. The number of nitro groups is 1. The number of hydrogen-bond acceptors (Lipinski definition) is 5. The second-order valence-corrected chi connectivity index (χ2v) is 3.85. The van der Waals surface area contributed by atoms with Crippen LogP contribution < -0.4 is 5.43 Å². The number of amides is 1. The van der Waals surface area contributed by atoms with Gasteiger partial charge in [-0.2, -0.15) is 5.10 Å². The highest BCUT2D eigenvalue weighted by atomic mass is 16.6. The number of rotatable bonds is 5. The largest absolute Gasteiger partial charge is 0.358 e. The van der Waals surface area contributed by atoms with Gasteiger partial charge in [0.2, 0.25) is 5.69 Å². The summed E-state index contributed by atoms with van der Waals surface area (Å²) in [5.74, 6) is -1.23. The Bertz CT molecular complexity index is 691. The molecule has 2 rings (SSSR count). The van der Waals surface area contributed by atoms with E-state index >= 15 is 0 Å². The van der Waals surface area contributed by atoms with E-state index in [1.54, 1.807) is 12.2 Å². The third-order valence-electron chi connectivity index (χ3n) is 2.43. The maximum atomic E-state index is 11.6. The highest BCUT2D eigenvalue weighted by Gasteiger charge is 2.21. The predicted molar refractivity (Wildman–Crippen MR) is 76.7 cm³/mol. The van der Waals surface area contributed by atoms with Crippen LogP contribution in [0.2, 0.25) is 0 Å². The second kappa shape index (κ2) is 6.75. The van der Waals surface area contributed by atoms with Crippen molar-refractivity contribution in [3.63, 3.8) is 0 Å². The Labute approximate surface area is 119 Å². The minimum atomic E-state index is -0.757. The molecule has 8 heteroatoms. The summed E-state index contributed by atoms with van der Waals surface area (Å²) in [6, 6.07) is 9.53. The molecular formula is C13H11N5O3. The van der Waals surface area contributed by atoms with Gasteiger partial charge in [0.25, 0.3) is 5.91 Å². The Morgan fingerprint density at radius 3 is 2.86 bits per heavy atom. The highest BCUT2D eigenvalue weighted by Crippen LogP contribution is 2.11. The van der Waals surface area contributed by atoms with E-state index < -0.39 is 16.6 Å². The van der Waals surface area contributed by atoms with E-state index in [4.69, 9.17) is 0 Å². The number of carbonyl (C=O) groups excluding carboxylic acids is 1. The van der Waals surface area contributed by atoms with Crippen LogP contribution in [-0.4, -0.2) is 27.0 Å². The summed E-state index contributed by atoms with van der Waals surface area (Å²) in [7, 11) is 0. The number of H-pyrrole nitrogens is 1. The molecule has 106 valence electrons. The lowest BCUT2D eigenvalue weighted by molar-refractivity contribution is -0.389. The van der Waals surface area contributed by atoms with Crippen molar-refractivity contribution in [2.45, 2.75) is 0 Å². The number of aromatic amines is 1. The van der Waals surface area contributed by atoms with Crippen LogP contribution in [0.25, 0.3) is 6.08 Å². The molecule has 0 saturated heterocycles. The molecule has 0 saturated carbocycles. The Morgan fingerprint density at radius 2 is 2.14 bits per heavy atom. The maximum Gasteiger partial charge on any atom is 0.353 e. The third kappa shape index (κ3) is 3.83. The van der Waals surface area contributed by atoms with Gasteiger partial charge in [-0.25, -0.2) is 15.4 Å². The predicted octanol–water partition coefficient (Wildman–Crippen LogP) is 1.75. The minimum Gasteiger partial charge on any atom is -0.358 e. The minimum absolute atomic E-state index is 0.316. The summed E-state index contributed by atoms with van der Waals surface area (Å²) in [4.78, 5) is 27.4. The van der Waals surface area contributed by atoms with Gasteiger partial charge >= 0.3 is 5.82 Å². The van der Waals surface area contributed by atoms with Gasteiger partial charge in [-0.1, -0.05) is 36.4 Å². The quantitative estimate of drug-likeness (QED) is 0.495. The molecule has 0 atom stereocenters. The topological polar surface area (TPSA) is 113 Å². The van der Waals surface area contributed by atoms with Crippen LogP contribution in [0.15, 0.2) is 47.8 Å². The van der Waals surface area contributed by atoms with Crippen LogP contribution in [-0.2, 0) is 0 Å². The summed E-state index contributed by atoms with van der Waals surface area (Å²) in [5, 5.41) is 14.3. The van der Waals surface area contributed by atoms with Crippen LogP contribution in [0, 0.1) is 10.1 Å². The lowest BCUT2D eigenvalue weighted by Crippen LogP contribution is -2.19. The number of carbonyl (C=O) groups is 1. The summed E-state index contributed by atoms with van der Waals surface area (Å²) < 4.78 is 0. The SMILES string of the molecule is O=C(N/N=C/C=C/c1ccccc1)c1nc[nH]c1[N+](=O)[O-]. The van der Waals surface area contributed by atoms with Crippen molar-refractivity contribution in [3.8, 4) is 0 Å². The molecule has 1 heterocycles. The Morgan fingerprint density at radius 1 is 1.38 bits per heavy atom. The van der Waals surface area contributed by atoms with Gasteiger partial charge in [0.1, 0.15) is 0 Å². The number of nitrogens with one attached hydrogen (secondary N) is 2. The van der Waals surface area contributed by atoms with Crippen LogP contribution >= 0.6 is 0 Å². The zero-order valence-corrected chi connectivity index (χ0v) is 10.8. The van der Waals surface area contributed by atoms with Crippen LogP contribution in [0.4, 0.5) is 5.82 Å². The third-order valence-corrected chi connectivity index (χ3v) is 2.43. The molecule has 0 aliphatic carbocycles. The van der Waals surface area contributed by atoms with E-state index in [9.17, 15) is 14.9 Å². The van der Waals surface area contributed by atoms with Crippen molar-refractivity contribution in [2.24, 2.45) is 5.10 Å². The molecule has 0 bridgehead atoms. The fourth-order valence-corrected chi connectivity index (χ4v) is 1.50. The van der Waals surface area contributed by atoms with Crippen molar-refractivity contribution < 1.29 is 9.72 Å². The molecule has 0 aliphatic rings. The van der Waals surface area contributed by atoms with E-state index in [1.807, 2.05) is 30.3 Å². The molecule has 8 nitrogen and oxygen atoms in total. The molecule has 0 unspecified atom stereocenters. The zero-order valence-electron chi connectivity index (χ0n) is 10.8. The average Bonchev–Trinajstić information content (AvgIpc) is 2.97. The monoisotopic (exact) mass is 285 g/mol. The Kier molecular flexibility index (Phi) is 4.54. The molecule has 21 heavy (non-hydrogen) atoms. The lowest BCUT2D eigenvalue weighted by Gasteiger charge is -1.95. The van der Waals surface area contributed by atoms with Gasteiger partial charge in [-0.15, -0.1) is 0 Å². The van der Waals surface area contributed by atoms with Gasteiger partial charge < -0.3 is 10.1 Å². The molecular weight excluding hydrogens is 274 g/mol. The van der Waals surface area contributed by atoms with Crippen molar-refractivity contribution in [3.05, 3.63) is 64.1 Å². The van der Waals surface area contributed by atoms with E-state index in [0.29, 0.717) is 0 Å². The molecule has 2 N–H and O–H groups in total. The van der Waals surface area contributed by atoms with Crippen molar-refractivity contribution in [1.82, 2.24) is 15.4 Å².